The van der Waals surface area contributed by atoms with Crippen molar-refractivity contribution in [3.63, 3.8) is 0 Å². The highest BCUT2D eigenvalue weighted by molar-refractivity contribution is 5.76. The minimum Gasteiger partial charge on any atom is -0.298 e. The molecule has 0 aliphatic rings. The lowest BCUT2D eigenvalue weighted by molar-refractivity contribution is 0.112. The average molecular weight is 216 g/mol. The molecule has 2 rings (SSSR count). The molecule has 0 amide bonds. The highest BCUT2D eigenvalue weighted by atomic mass is 16.1. The fraction of sp³-hybridized carbons (Fsp3) is 0.273. The van der Waals surface area contributed by atoms with E-state index < -0.39 is 0 Å². The molecule has 0 aromatic carbocycles. The van der Waals surface area contributed by atoms with E-state index in [9.17, 15) is 4.79 Å². The van der Waals surface area contributed by atoms with Crippen molar-refractivity contribution in [3.8, 4) is 5.95 Å². The molecule has 0 unspecified atom stereocenters. The second kappa shape index (κ2) is 3.84. The van der Waals surface area contributed by atoms with Crippen LogP contribution < -0.4 is 0 Å². The first-order valence-corrected chi connectivity index (χ1v) is 4.94. The van der Waals surface area contributed by atoms with Gasteiger partial charge in [0.2, 0.25) is 0 Å². The quantitative estimate of drug-likeness (QED) is 0.712. The second-order valence-corrected chi connectivity index (χ2v) is 3.67. The molecule has 2 aromatic heterocycles. The molecule has 0 bridgehead atoms. The van der Waals surface area contributed by atoms with E-state index in [1.807, 2.05) is 26.8 Å². The number of hydrogen-bond acceptors (Lipinski definition) is 4. The molecule has 16 heavy (non-hydrogen) atoms. The molecule has 0 saturated heterocycles. The van der Waals surface area contributed by atoms with E-state index in [-0.39, 0.29) is 0 Å². The third-order valence-electron chi connectivity index (χ3n) is 2.33. The monoisotopic (exact) mass is 216 g/mol. The van der Waals surface area contributed by atoms with Crippen molar-refractivity contribution in [2.75, 3.05) is 0 Å². The predicted octanol–water partition coefficient (Wildman–Crippen LogP) is 1.40. The van der Waals surface area contributed by atoms with E-state index in [1.165, 1.54) is 6.20 Å². The van der Waals surface area contributed by atoms with Gasteiger partial charge in [-0.1, -0.05) is 0 Å². The fourth-order valence-corrected chi connectivity index (χ4v) is 1.54. The van der Waals surface area contributed by atoms with Crippen LogP contribution >= 0.6 is 0 Å². The lowest BCUT2D eigenvalue weighted by atomic mass is 10.3. The third kappa shape index (κ3) is 1.71. The SMILES string of the molecule is Cc1cc(C)nc(-n2ncc(C=O)c2C)n1. The zero-order chi connectivity index (χ0) is 11.7. The molecule has 82 valence electrons. The lowest BCUT2D eigenvalue weighted by Gasteiger charge is -2.04. The summed E-state index contributed by atoms with van der Waals surface area (Å²) in [4.78, 5) is 19.3. The number of nitrogens with zero attached hydrogens (tertiary/aromatic N) is 4. The molecule has 0 radical (unpaired) electrons. The van der Waals surface area contributed by atoms with Gasteiger partial charge in [0.25, 0.3) is 5.95 Å². The zero-order valence-electron chi connectivity index (χ0n) is 9.43. The molecule has 5 nitrogen and oxygen atoms in total. The highest BCUT2D eigenvalue weighted by Gasteiger charge is 2.09. The van der Waals surface area contributed by atoms with Gasteiger partial charge in [0.05, 0.1) is 17.5 Å². The van der Waals surface area contributed by atoms with Crippen LogP contribution in [0.3, 0.4) is 0 Å². The van der Waals surface area contributed by atoms with Crippen molar-refractivity contribution in [2.24, 2.45) is 0 Å². The summed E-state index contributed by atoms with van der Waals surface area (Å²) in [6, 6.07) is 1.89. The van der Waals surface area contributed by atoms with Crippen LogP contribution in [0.2, 0.25) is 0 Å². The maximum Gasteiger partial charge on any atom is 0.251 e. The second-order valence-electron chi connectivity index (χ2n) is 3.67. The molecule has 0 N–H and O–H groups in total. The van der Waals surface area contributed by atoms with Gasteiger partial charge in [-0.15, -0.1) is 0 Å². The van der Waals surface area contributed by atoms with Crippen LogP contribution in [0.15, 0.2) is 12.3 Å². The van der Waals surface area contributed by atoms with Crippen molar-refractivity contribution < 1.29 is 4.79 Å². The number of hydrogen-bond donors (Lipinski definition) is 0. The van der Waals surface area contributed by atoms with Crippen molar-refractivity contribution in [1.82, 2.24) is 19.7 Å². The Labute approximate surface area is 93.2 Å². The first-order chi connectivity index (χ1) is 7.61. The average Bonchev–Trinajstić information content (AvgIpc) is 2.58. The van der Waals surface area contributed by atoms with E-state index in [2.05, 4.69) is 15.1 Å². The third-order valence-corrected chi connectivity index (χ3v) is 2.33. The van der Waals surface area contributed by atoms with Crippen LogP contribution in [0.4, 0.5) is 0 Å². The maximum absolute atomic E-state index is 10.7. The van der Waals surface area contributed by atoms with Crippen LogP contribution in [0.1, 0.15) is 27.4 Å². The zero-order valence-corrected chi connectivity index (χ0v) is 9.43. The predicted molar refractivity (Wildman–Crippen MR) is 58.8 cm³/mol. The van der Waals surface area contributed by atoms with Crippen LogP contribution in [0.25, 0.3) is 5.95 Å². The van der Waals surface area contributed by atoms with E-state index >= 15 is 0 Å². The van der Waals surface area contributed by atoms with Gasteiger partial charge < -0.3 is 0 Å². The Hall–Kier alpha value is -2.04. The van der Waals surface area contributed by atoms with E-state index in [0.717, 1.165) is 23.4 Å². The molecular weight excluding hydrogens is 204 g/mol. The number of carbonyl (C=O) groups is 1. The molecule has 0 aliphatic carbocycles. The highest BCUT2D eigenvalue weighted by Crippen LogP contribution is 2.10. The topological polar surface area (TPSA) is 60.7 Å². The maximum atomic E-state index is 10.7. The van der Waals surface area contributed by atoms with Crippen LogP contribution in [-0.4, -0.2) is 26.0 Å². The van der Waals surface area contributed by atoms with Crippen molar-refractivity contribution in [1.29, 1.82) is 0 Å². The number of rotatable bonds is 2. The standard InChI is InChI=1S/C11H12N4O/c1-7-4-8(2)14-11(13-7)15-9(3)10(6-16)5-12-15/h4-6H,1-3H3. The van der Waals surface area contributed by atoms with Crippen LogP contribution in [0, 0.1) is 20.8 Å². The van der Waals surface area contributed by atoms with E-state index in [1.54, 1.807) is 4.68 Å². The van der Waals surface area contributed by atoms with Gasteiger partial charge in [-0.2, -0.15) is 5.10 Å². The molecular formula is C11H12N4O. The molecule has 0 saturated carbocycles. The summed E-state index contributed by atoms with van der Waals surface area (Å²) < 4.78 is 1.57. The molecule has 0 atom stereocenters. The number of carbonyl (C=O) groups excluding carboxylic acids is 1. The van der Waals surface area contributed by atoms with E-state index in [0.29, 0.717) is 11.5 Å². The minimum absolute atomic E-state index is 0.503. The Morgan fingerprint density at radius 1 is 1.19 bits per heavy atom. The van der Waals surface area contributed by atoms with Gasteiger partial charge in [0, 0.05) is 11.4 Å². The summed E-state index contributed by atoms with van der Waals surface area (Å²) in [6.07, 6.45) is 2.30. The summed E-state index contributed by atoms with van der Waals surface area (Å²) in [6.45, 7) is 5.62. The van der Waals surface area contributed by atoms with Crippen LogP contribution in [0.5, 0.6) is 0 Å². The summed E-state index contributed by atoms with van der Waals surface area (Å²) in [5, 5.41) is 4.10. The van der Waals surface area contributed by atoms with Crippen LogP contribution in [-0.2, 0) is 0 Å². The minimum atomic E-state index is 0.503. The molecule has 0 fully saturated rings. The Kier molecular flexibility index (Phi) is 2.52. The number of aldehydes is 1. The number of aryl methyl sites for hydroxylation is 2. The Morgan fingerprint density at radius 3 is 2.31 bits per heavy atom. The van der Waals surface area contributed by atoms with Gasteiger partial charge >= 0.3 is 0 Å². The van der Waals surface area contributed by atoms with Gasteiger partial charge in [-0.3, -0.25) is 4.79 Å². The number of aromatic nitrogens is 4. The van der Waals surface area contributed by atoms with Crippen molar-refractivity contribution in [2.45, 2.75) is 20.8 Å². The first-order valence-electron chi connectivity index (χ1n) is 4.94. The van der Waals surface area contributed by atoms with Gasteiger partial charge in [-0.25, -0.2) is 14.6 Å². The summed E-state index contributed by atoms with van der Waals surface area (Å²) in [5.41, 5.74) is 3.07. The summed E-state index contributed by atoms with van der Waals surface area (Å²) in [7, 11) is 0. The van der Waals surface area contributed by atoms with E-state index in [4.69, 9.17) is 0 Å². The van der Waals surface area contributed by atoms with Gasteiger partial charge in [0.1, 0.15) is 0 Å². The molecule has 0 spiro atoms. The Balaban J connectivity index is 2.58. The molecule has 5 heteroatoms. The largest absolute Gasteiger partial charge is 0.298 e. The fourth-order valence-electron chi connectivity index (χ4n) is 1.54. The Morgan fingerprint density at radius 2 is 1.81 bits per heavy atom. The smallest absolute Gasteiger partial charge is 0.251 e. The van der Waals surface area contributed by atoms with Gasteiger partial charge in [0.15, 0.2) is 6.29 Å². The molecule has 2 heterocycles. The first kappa shape index (κ1) is 10.5. The summed E-state index contributed by atoms with van der Waals surface area (Å²) >= 11 is 0. The van der Waals surface area contributed by atoms with Gasteiger partial charge in [-0.05, 0) is 26.8 Å². The van der Waals surface area contributed by atoms with Crippen molar-refractivity contribution >= 4 is 6.29 Å². The summed E-state index contributed by atoms with van der Waals surface area (Å²) in [5.74, 6) is 0.503. The molecule has 0 aliphatic heterocycles. The lowest BCUT2D eigenvalue weighted by Crippen LogP contribution is -2.07. The van der Waals surface area contributed by atoms with Crippen molar-refractivity contribution in [3.05, 3.63) is 34.9 Å². The molecule has 2 aromatic rings. The Bertz CT molecular complexity index is 525. The normalized spacial score (nSPS) is 10.4.